The fourth-order valence-electron chi connectivity index (χ4n) is 0.989. The van der Waals surface area contributed by atoms with E-state index < -0.39 is 0 Å². The highest BCUT2D eigenvalue weighted by Crippen LogP contribution is 2.00. The molecular formula is C9H19N. The Morgan fingerprint density at radius 3 is 2.60 bits per heavy atom. The molecule has 0 bridgehead atoms. The summed E-state index contributed by atoms with van der Waals surface area (Å²) in [7, 11) is 0. The number of unbranched alkanes of at least 4 members (excludes halogenated alkanes) is 1. The molecule has 10 heavy (non-hydrogen) atoms. The van der Waals surface area contributed by atoms with Crippen molar-refractivity contribution in [3.63, 3.8) is 0 Å². The zero-order chi connectivity index (χ0) is 7.82. The van der Waals surface area contributed by atoms with Crippen molar-refractivity contribution in [3.05, 3.63) is 12.7 Å². The average molecular weight is 141 g/mol. The molecule has 0 heterocycles. The van der Waals surface area contributed by atoms with Crippen LogP contribution in [0.3, 0.4) is 0 Å². The Bertz CT molecular complexity index is 78.8. The van der Waals surface area contributed by atoms with Gasteiger partial charge in [-0.05, 0) is 13.0 Å². The van der Waals surface area contributed by atoms with Crippen molar-refractivity contribution in [3.8, 4) is 0 Å². The van der Waals surface area contributed by atoms with E-state index in [-0.39, 0.29) is 0 Å². The standard InChI is InChI=1S/C9H19N/c1-4-7-8-9(5-2)10-6-3/h5,9-10H,2,4,6-8H2,1,3H3. The summed E-state index contributed by atoms with van der Waals surface area (Å²) in [5.41, 5.74) is 0. The fourth-order valence-corrected chi connectivity index (χ4v) is 0.989. The molecule has 0 rings (SSSR count). The van der Waals surface area contributed by atoms with Gasteiger partial charge in [0.2, 0.25) is 0 Å². The molecule has 1 unspecified atom stereocenters. The lowest BCUT2D eigenvalue weighted by Gasteiger charge is -2.11. The maximum Gasteiger partial charge on any atom is 0.0247 e. The maximum atomic E-state index is 3.77. The average Bonchev–Trinajstić information content (AvgIpc) is 1.98. The summed E-state index contributed by atoms with van der Waals surface area (Å²) in [5, 5.41) is 3.35. The van der Waals surface area contributed by atoms with Crippen LogP contribution in [0.5, 0.6) is 0 Å². The van der Waals surface area contributed by atoms with E-state index in [1.54, 1.807) is 0 Å². The first-order valence-electron chi connectivity index (χ1n) is 4.21. The number of hydrogen-bond donors (Lipinski definition) is 1. The minimum atomic E-state index is 0.532. The molecule has 0 saturated heterocycles. The van der Waals surface area contributed by atoms with Gasteiger partial charge in [0.15, 0.2) is 0 Å². The third-order valence-electron chi connectivity index (χ3n) is 1.62. The Hall–Kier alpha value is -0.300. The molecule has 0 aliphatic carbocycles. The molecule has 1 heteroatoms. The van der Waals surface area contributed by atoms with Gasteiger partial charge in [-0.2, -0.15) is 0 Å². The van der Waals surface area contributed by atoms with Crippen LogP contribution in [-0.4, -0.2) is 12.6 Å². The predicted molar refractivity (Wildman–Crippen MR) is 47.2 cm³/mol. The second-order valence-electron chi connectivity index (χ2n) is 2.54. The summed E-state index contributed by atoms with van der Waals surface area (Å²) in [4.78, 5) is 0. The third-order valence-corrected chi connectivity index (χ3v) is 1.62. The second kappa shape index (κ2) is 6.81. The second-order valence-corrected chi connectivity index (χ2v) is 2.54. The van der Waals surface area contributed by atoms with E-state index in [1.807, 2.05) is 6.08 Å². The van der Waals surface area contributed by atoms with Crippen LogP contribution in [0.1, 0.15) is 33.1 Å². The summed E-state index contributed by atoms with van der Waals surface area (Å²) in [6.07, 6.45) is 5.80. The molecular weight excluding hydrogens is 122 g/mol. The molecule has 0 radical (unpaired) electrons. The molecule has 0 amide bonds. The van der Waals surface area contributed by atoms with Crippen molar-refractivity contribution in [1.82, 2.24) is 5.32 Å². The Morgan fingerprint density at radius 2 is 2.20 bits per heavy atom. The Kier molecular flexibility index (Phi) is 6.61. The van der Waals surface area contributed by atoms with Crippen molar-refractivity contribution in [2.45, 2.75) is 39.2 Å². The summed E-state index contributed by atoms with van der Waals surface area (Å²) in [6, 6.07) is 0.532. The van der Waals surface area contributed by atoms with Crippen LogP contribution in [0, 0.1) is 0 Å². The molecule has 1 nitrogen and oxygen atoms in total. The topological polar surface area (TPSA) is 12.0 Å². The quantitative estimate of drug-likeness (QED) is 0.560. The largest absolute Gasteiger partial charge is 0.311 e. The van der Waals surface area contributed by atoms with E-state index >= 15 is 0 Å². The van der Waals surface area contributed by atoms with Gasteiger partial charge in [-0.3, -0.25) is 0 Å². The summed E-state index contributed by atoms with van der Waals surface area (Å²) >= 11 is 0. The smallest absolute Gasteiger partial charge is 0.0247 e. The highest BCUT2D eigenvalue weighted by atomic mass is 14.9. The molecule has 0 aromatic carbocycles. The molecule has 0 aliphatic rings. The summed E-state index contributed by atoms with van der Waals surface area (Å²) < 4.78 is 0. The van der Waals surface area contributed by atoms with Crippen molar-refractivity contribution >= 4 is 0 Å². The highest BCUT2D eigenvalue weighted by Gasteiger charge is 1.98. The van der Waals surface area contributed by atoms with Gasteiger partial charge < -0.3 is 5.32 Å². The van der Waals surface area contributed by atoms with E-state index in [4.69, 9.17) is 0 Å². The molecule has 0 aliphatic heterocycles. The van der Waals surface area contributed by atoms with Gasteiger partial charge in [0.25, 0.3) is 0 Å². The SMILES string of the molecule is C=CC(CCCC)NCC. The number of hydrogen-bond acceptors (Lipinski definition) is 1. The Balaban J connectivity index is 3.29. The van der Waals surface area contributed by atoms with Crippen LogP contribution in [0.4, 0.5) is 0 Å². The van der Waals surface area contributed by atoms with Crippen LogP contribution >= 0.6 is 0 Å². The lowest BCUT2D eigenvalue weighted by molar-refractivity contribution is 0.549. The van der Waals surface area contributed by atoms with Gasteiger partial charge in [-0.1, -0.05) is 32.8 Å². The zero-order valence-corrected chi connectivity index (χ0v) is 7.19. The normalized spacial score (nSPS) is 13.0. The summed E-state index contributed by atoms with van der Waals surface area (Å²) in [6.45, 7) is 9.15. The van der Waals surface area contributed by atoms with Gasteiger partial charge in [-0.25, -0.2) is 0 Å². The molecule has 1 atom stereocenters. The lowest BCUT2D eigenvalue weighted by atomic mass is 10.1. The number of likely N-dealkylation sites (N-methyl/N-ethyl adjacent to an activating group) is 1. The van der Waals surface area contributed by atoms with Crippen molar-refractivity contribution in [1.29, 1.82) is 0 Å². The van der Waals surface area contributed by atoms with E-state index in [1.165, 1.54) is 19.3 Å². The van der Waals surface area contributed by atoms with E-state index in [2.05, 4.69) is 25.7 Å². The van der Waals surface area contributed by atoms with E-state index in [9.17, 15) is 0 Å². The molecule has 0 fully saturated rings. The Morgan fingerprint density at radius 1 is 1.50 bits per heavy atom. The maximum absolute atomic E-state index is 3.77. The first-order valence-corrected chi connectivity index (χ1v) is 4.21. The van der Waals surface area contributed by atoms with Gasteiger partial charge in [0.1, 0.15) is 0 Å². The number of rotatable bonds is 6. The van der Waals surface area contributed by atoms with E-state index in [0.717, 1.165) is 6.54 Å². The van der Waals surface area contributed by atoms with Gasteiger partial charge >= 0.3 is 0 Å². The molecule has 60 valence electrons. The van der Waals surface area contributed by atoms with Crippen LogP contribution in [0.2, 0.25) is 0 Å². The Labute approximate surface area is 64.5 Å². The lowest BCUT2D eigenvalue weighted by Crippen LogP contribution is -2.26. The van der Waals surface area contributed by atoms with Gasteiger partial charge in [-0.15, -0.1) is 6.58 Å². The van der Waals surface area contributed by atoms with Crippen LogP contribution in [-0.2, 0) is 0 Å². The summed E-state index contributed by atoms with van der Waals surface area (Å²) in [5.74, 6) is 0. The number of nitrogens with one attached hydrogen (secondary N) is 1. The molecule has 0 saturated carbocycles. The van der Waals surface area contributed by atoms with Crippen molar-refractivity contribution in [2.24, 2.45) is 0 Å². The third kappa shape index (κ3) is 4.57. The van der Waals surface area contributed by atoms with Crippen LogP contribution < -0.4 is 5.32 Å². The van der Waals surface area contributed by atoms with Gasteiger partial charge in [0.05, 0.1) is 0 Å². The minimum absolute atomic E-state index is 0.532. The predicted octanol–water partition coefficient (Wildman–Crippen LogP) is 2.34. The van der Waals surface area contributed by atoms with Crippen LogP contribution in [0.25, 0.3) is 0 Å². The first-order chi connectivity index (χ1) is 4.85. The molecule has 0 aromatic rings. The monoisotopic (exact) mass is 141 g/mol. The molecule has 1 N–H and O–H groups in total. The highest BCUT2D eigenvalue weighted by molar-refractivity contribution is 4.84. The van der Waals surface area contributed by atoms with Crippen molar-refractivity contribution in [2.75, 3.05) is 6.54 Å². The van der Waals surface area contributed by atoms with Crippen molar-refractivity contribution < 1.29 is 0 Å². The first kappa shape index (κ1) is 9.70. The minimum Gasteiger partial charge on any atom is -0.311 e. The molecule has 0 aromatic heterocycles. The molecule has 0 spiro atoms. The fraction of sp³-hybridized carbons (Fsp3) is 0.778. The van der Waals surface area contributed by atoms with Gasteiger partial charge in [0, 0.05) is 6.04 Å². The van der Waals surface area contributed by atoms with Crippen LogP contribution in [0.15, 0.2) is 12.7 Å². The van der Waals surface area contributed by atoms with E-state index in [0.29, 0.717) is 6.04 Å². The zero-order valence-electron chi connectivity index (χ0n) is 7.19.